The van der Waals surface area contributed by atoms with E-state index in [1.165, 1.54) is 0 Å². The number of carbonyl (C=O) groups excluding carboxylic acids is 2. The van der Waals surface area contributed by atoms with E-state index in [0.29, 0.717) is 0 Å². The Morgan fingerprint density at radius 2 is 1.52 bits per heavy atom. The van der Waals surface area contributed by atoms with Gasteiger partial charge in [-0.2, -0.15) is 0 Å². The Bertz CT molecular complexity index is 544. The van der Waals surface area contributed by atoms with Crippen molar-refractivity contribution in [1.82, 2.24) is 5.32 Å². The van der Waals surface area contributed by atoms with Crippen molar-refractivity contribution in [2.24, 2.45) is 0 Å². The summed E-state index contributed by atoms with van der Waals surface area (Å²) in [4.78, 5) is 33.5. The van der Waals surface area contributed by atoms with Gasteiger partial charge in [0, 0.05) is 18.5 Å². The van der Waals surface area contributed by atoms with Gasteiger partial charge in [-0.05, 0) is 31.9 Å². The number of carbonyl (C=O) groups is 3. The summed E-state index contributed by atoms with van der Waals surface area (Å²) in [5.74, 6) is -1.83. The molecule has 0 spiro atoms. The van der Waals surface area contributed by atoms with Crippen LogP contribution in [-0.2, 0) is 14.4 Å². The molecule has 0 heterocycles. The number of hydrogen-bond donors (Lipinski definition) is 3. The lowest BCUT2D eigenvalue weighted by atomic mass is 10.0. The topological polar surface area (TPSA) is 95.5 Å². The molecule has 114 valence electrons. The zero-order valence-electron chi connectivity index (χ0n) is 12.4. The van der Waals surface area contributed by atoms with Crippen LogP contribution in [0.25, 0.3) is 0 Å². The molecular formula is C15H20N2O4. The van der Waals surface area contributed by atoms with E-state index in [1.54, 1.807) is 0 Å². The Hall–Kier alpha value is -2.37. The number of amides is 2. The normalized spacial score (nSPS) is 10.0. The zero-order chi connectivity index (χ0) is 16.0. The smallest absolute Gasteiger partial charge is 0.322 e. The molecule has 0 aliphatic heterocycles. The Morgan fingerprint density at radius 3 is 2.05 bits per heavy atom. The SMILES string of the molecule is Cc1cc(C)c(NC(=O)CCC(=O)NCC(=O)O)c(C)c1. The second-order valence-corrected chi connectivity index (χ2v) is 4.99. The van der Waals surface area contributed by atoms with E-state index in [9.17, 15) is 14.4 Å². The van der Waals surface area contributed by atoms with Crippen LogP contribution in [0, 0.1) is 20.8 Å². The summed E-state index contributed by atoms with van der Waals surface area (Å²) in [6, 6.07) is 3.95. The molecule has 0 aliphatic rings. The van der Waals surface area contributed by atoms with Gasteiger partial charge in [0.05, 0.1) is 0 Å². The van der Waals surface area contributed by atoms with E-state index < -0.39 is 18.4 Å². The van der Waals surface area contributed by atoms with Crippen molar-refractivity contribution in [3.63, 3.8) is 0 Å². The minimum absolute atomic E-state index is 0.0121. The Balaban J connectivity index is 2.51. The zero-order valence-corrected chi connectivity index (χ0v) is 12.4. The molecule has 0 bridgehead atoms. The third kappa shape index (κ3) is 5.64. The van der Waals surface area contributed by atoms with Gasteiger partial charge in [-0.3, -0.25) is 14.4 Å². The first-order valence-electron chi connectivity index (χ1n) is 6.65. The molecule has 21 heavy (non-hydrogen) atoms. The van der Waals surface area contributed by atoms with Gasteiger partial charge in [0.1, 0.15) is 6.54 Å². The highest BCUT2D eigenvalue weighted by Gasteiger charge is 2.11. The number of rotatable bonds is 6. The minimum atomic E-state index is -1.11. The van der Waals surface area contributed by atoms with E-state index >= 15 is 0 Å². The fourth-order valence-corrected chi connectivity index (χ4v) is 2.07. The van der Waals surface area contributed by atoms with Gasteiger partial charge in [0.25, 0.3) is 0 Å². The summed E-state index contributed by atoms with van der Waals surface area (Å²) in [6.07, 6.45) is -0.0265. The number of nitrogens with one attached hydrogen (secondary N) is 2. The van der Waals surface area contributed by atoms with Gasteiger partial charge in [0.15, 0.2) is 0 Å². The van der Waals surface area contributed by atoms with E-state index in [-0.39, 0.29) is 18.7 Å². The van der Waals surface area contributed by atoms with Crippen molar-refractivity contribution < 1.29 is 19.5 Å². The second kappa shape index (κ2) is 7.42. The Labute approximate surface area is 123 Å². The number of carboxylic acid groups (broad SMARTS) is 1. The molecule has 0 radical (unpaired) electrons. The first-order chi connectivity index (χ1) is 9.79. The van der Waals surface area contributed by atoms with Crippen molar-refractivity contribution >= 4 is 23.5 Å². The van der Waals surface area contributed by atoms with Crippen LogP contribution in [0.2, 0.25) is 0 Å². The van der Waals surface area contributed by atoms with Gasteiger partial charge in [0.2, 0.25) is 11.8 Å². The van der Waals surface area contributed by atoms with Crippen LogP contribution in [0.4, 0.5) is 5.69 Å². The first kappa shape index (κ1) is 16.7. The van der Waals surface area contributed by atoms with Crippen molar-refractivity contribution in [3.8, 4) is 0 Å². The van der Waals surface area contributed by atoms with Gasteiger partial charge in [-0.1, -0.05) is 17.7 Å². The number of aliphatic carboxylic acids is 1. The molecule has 2 amide bonds. The third-order valence-electron chi connectivity index (χ3n) is 2.96. The largest absolute Gasteiger partial charge is 0.480 e. The maximum Gasteiger partial charge on any atom is 0.322 e. The van der Waals surface area contributed by atoms with Crippen LogP contribution >= 0.6 is 0 Å². The van der Waals surface area contributed by atoms with E-state index in [2.05, 4.69) is 10.6 Å². The quantitative estimate of drug-likeness (QED) is 0.741. The summed E-state index contributed by atoms with van der Waals surface area (Å²) in [5.41, 5.74) is 3.82. The van der Waals surface area contributed by atoms with Gasteiger partial charge >= 0.3 is 5.97 Å². The molecular weight excluding hydrogens is 272 g/mol. The molecule has 0 unspecified atom stereocenters. The van der Waals surface area contributed by atoms with Gasteiger partial charge < -0.3 is 15.7 Å². The molecule has 3 N–H and O–H groups in total. The molecule has 0 aliphatic carbocycles. The monoisotopic (exact) mass is 292 g/mol. The highest BCUT2D eigenvalue weighted by molar-refractivity contribution is 5.94. The first-order valence-corrected chi connectivity index (χ1v) is 6.65. The number of aryl methyl sites for hydroxylation is 3. The maximum absolute atomic E-state index is 11.8. The maximum atomic E-state index is 11.8. The second-order valence-electron chi connectivity index (χ2n) is 4.99. The number of hydrogen-bond acceptors (Lipinski definition) is 3. The van der Waals surface area contributed by atoms with E-state index in [0.717, 1.165) is 22.4 Å². The van der Waals surface area contributed by atoms with Crippen molar-refractivity contribution in [1.29, 1.82) is 0 Å². The fourth-order valence-electron chi connectivity index (χ4n) is 2.07. The number of carboxylic acids is 1. The fraction of sp³-hybridized carbons (Fsp3) is 0.400. The highest BCUT2D eigenvalue weighted by Crippen LogP contribution is 2.22. The molecule has 0 aromatic heterocycles. The van der Waals surface area contributed by atoms with Gasteiger partial charge in [-0.25, -0.2) is 0 Å². The Kier molecular flexibility index (Phi) is 5.90. The summed E-state index contributed by atoms with van der Waals surface area (Å²) in [7, 11) is 0. The van der Waals surface area contributed by atoms with Crippen LogP contribution in [0.5, 0.6) is 0 Å². The average molecular weight is 292 g/mol. The standard InChI is InChI=1S/C15H20N2O4/c1-9-6-10(2)15(11(3)7-9)17-13(19)5-4-12(18)16-8-14(20)21/h6-7H,4-5,8H2,1-3H3,(H,16,18)(H,17,19)(H,20,21). The Morgan fingerprint density at radius 1 is 1.00 bits per heavy atom. The molecule has 0 atom stereocenters. The van der Waals surface area contributed by atoms with E-state index in [4.69, 9.17) is 5.11 Å². The van der Waals surface area contributed by atoms with Crippen LogP contribution in [0.1, 0.15) is 29.5 Å². The summed E-state index contributed by atoms with van der Waals surface area (Å²) in [6.45, 7) is 5.37. The van der Waals surface area contributed by atoms with Crippen LogP contribution in [0.3, 0.4) is 0 Å². The molecule has 0 fully saturated rings. The number of benzene rings is 1. The molecule has 6 nitrogen and oxygen atoms in total. The van der Waals surface area contributed by atoms with Crippen LogP contribution < -0.4 is 10.6 Å². The number of anilines is 1. The summed E-state index contributed by atoms with van der Waals surface area (Å²) in [5, 5.41) is 13.4. The molecule has 0 saturated carbocycles. The van der Waals surface area contributed by atoms with Crippen LogP contribution in [0.15, 0.2) is 12.1 Å². The molecule has 1 aromatic rings. The van der Waals surface area contributed by atoms with Crippen LogP contribution in [-0.4, -0.2) is 29.4 Å². The summed E-state index contributed by atoms with van der Waals surface area (Å²) < 4.78 is 0. The van der Waals surface area contributed by atoms with E-state index in [1.807, 2.05) is 32.9 Å². The van der Waals surface area contributed by atoms with Crippen molar-refractivity contribution in [2.75, 3.05) is 11.9 Å². The predicted octanol–water partition coefficient (Wildman–Crippen LogP) is 1.53. The lowest BCUT2D eigenvalue weighted by Crippen LogP contribution is -2.30. The van der Waals surface area contributed by atoms with Gasteiger partial charge in [-0.15, -0.1) is 0 Å². The predicted molar refractivity (Wildman–Crippen MR) is 79.2 cm³/mol. The third-order valence-corrected chi connectivity index (χ3v) is 2.96. The average Bonchev–Trinajstić information content (AvgIpc) is 2.38. The summed E-state index contributed by atoms with van der Waals surface area (Å²) >= 11 is 0. The van der Waals surface area contributed by atoms with Crippen molar-refractivity contribution in [2.45, 2.75) is 33.6 Å². The lowest BCUT2D eigenvalue weighted by molar-refractivity contribution is -0.138. The lowest BCUT2D eigenvalue weighted by Gasteiger charge is -2.12. The molecule has 1 aromatic carbocycles. The highest BCUT2D eigenvalue weighted by atomic mass is 16.4. The minimum Gasteiger partial charge on any atom is -0.480 e. The van der Waals surface area contributed by atoms with Crippen molar-refractivity contribution in [3.05, 3.63) is 28.8 Å². The molecule has 6 heteroatoms. The molecule has 1 rings (SSSR count). The molecule has 0 saturated heterocycles.